The smallest absolute Gasteiger partial charge is 0.261 e. The van der Waals surface area contributed by atoms with Crippen LogP contribution in [0.25, 0.3) is 0 Å². The molecule has 0 saturated carbocycles. The van der Waals surface area contributed by atoms with Gasteiger partial charge in [0.05, 0.1) is 11.9 Å². The number of para-hydroxylation sites is 2. The lowest BCUT2D eigenvalue weighted by Gasteiger charge is -2.20. The van der Waals surface area contributed by atoms with E-state index >= 15 is 0 Å². The maximum Gasteiger partial charge on any atom is 0.261 e. The number of nitrogens with zero attached hydrogens (tertiary/aromatic N) is 3. The first-order valence-corrected chi connectivity index (χ1v) is 12.2. The van der Waals surface area contributed by atoms with Gasteiger partial charge in [0.2, 0.25) is 10.0 Å². The van der Waals surface area contributed by atoms with E-state index in [-0.39, 0.29) is 18.9 Å². The van der Waals surface area contributed by atoms with Crippen LogP contribution < -0.4 is 14.4 Å². The molecule has 0 spiro atoms. The van der Waals surface area contributed by atoms with Gasteiger partial charge in [0.15, 0.2) is 6.10 Å². The predicted molar refractivity (Wildman–Crippen MR) is 122 cm³/mol. The van der Waals surface area contributed by atoms with E-state index in [1.807, 2.05) is 37.4 Å². The number of sulfonamides is 1. The third kappa shape index (κ3) is 4.94. The molecule has 1 aliphatic rings. The summed E-state index contributed by atoms with van der Waals surface area (Å²) in [7, 11) is -3.48. The van der Waals surface area contributed by atoms with Gasteiger partial charge in [-0.15, -0.1) is 0 Å². The highest BCUT2D eigenvalue weighted by atomic mass is 32.2. The van der Waals surface area contributed by atoms with E-state index in [1.54, 1.807) is 30.5 Å². The molecule has 8 nitrogen and oxygen atoms in total. The summed E-state index contributed by atoms with van der Waals surface area (Å²) in [6.45, 7) is 3.24. The number of ether oxygens (including phenoxy) is 1. The van der Waals surface area contributed by atoms with Crippen molar-refractivity contribution in [3.63, 3.8) is 0 Å². The van der Waals surface area contributed by atoms with Gasteiger partial charge >= 0.3 is 0 Å². The highest BCUT2D eigenvalue weighted by molar-refractivity contribution is 7.92. The van der Waals surface area contributed by atoms with Crippen molar-refractivity contribution in [3.05, 3.63) is 77.9 Å². The highest BCUT2D eigenvalue weighted by Gasteiger charge is 2.30. The van der Waals surface area contributed by atoms with Gasteiger partial charge in [0.1, 0.15) is 11.6 Å². The van der Waals surface area contributed by atoms with E-state index in [0.29, 0.717) is 18.0 Å². The second kappa shape index (κ2) is 9.04. The van der Waals surface area contributed by atoms with E-state index in [4.69, 9.17) is 4.74 Å². The summed E-state index contributed by atoms with van der Waals surface area (Å²) in [5, 5.41) is 2.91. The van der Waals surface area contributed by atoms with Crippen molar-refractivity contribution in [3.8, 4) is 5.75 Å². The molecule has 0 saturated heterocycles. The molecule has 0 radical (unpaired) electrons. The van der Waals surface area contributed by atoms with Crippen LogP contribution in [0.2, 0.25) is 0 Å². The summed E-state index contributed by atoms with van der Waals surface area (Å²) < 4.78 is 33.6. The van der Waals surface area contributed by atoms with Gasteiger partial charge in [-0.1, -0.05) is 36.4 Å². The Bertz CT molecular complexity index is 1200. The minimum atomic E-state index is -3.48. The lowest BCUT2D eigenvalue weighted by atomic mass is 10.1. The van der Waals surface area contributed by atoms with Crippen LogP contribution in [0, 0.1) is 6.92 Å². The van der Waals surface area contributed by atoms with E-state index in [0.717, 1.165) is 29.8 Å². The largest absolute Gasteiger partial charge is 0.478 e. The first kappa shape index (κ1) is 21.9. The van der Waals surface area contributed by atoms with Crippen molar-refractivity contribution in [2.75, 3.05) is 17.1 Å². The van der Waals surface area contributed by atoms with Crippen molar-refractivity contribution >= 4 is 21.6 Å². The number of carbonyl (C=O) groups excluding carboxylic acids is 1. The minimum Gasteiger partial charge on any atom is -0.478 e. The molecular formula is C23H26N4O4S. The molecule has 32 heavy (non-hydrogen) atoms. The molecule has 1 aromatic heterocycles. The molecule has 0 fully saturated rings. The summed E-state index contributed by atoms with van der Waals surface area (Å²) in [5.41, 5.74) is 2.57. The van der Waals surface area contributed by atoms with E-state index in [2.05, 4.69) is 14.9 Å². The second-order valence-electron chi connectivity index (χ2n) is 7.83. The van der Waals surface area contributed by atoms with Crippen LogP contribution in [-0.4, -0.2) is 42.8 Å². The molecule has 3 aromatic rings. The minimum absolute atomic E-state index is 0.177. The number of imidazole rings is 1. The molecule has 0 aliphatic carbocycles. The fourth-order valence-corrected chi connectivity index (χ4v) is 4.64. The van der Waals surface area contributed by atoms with Gasteiger partial charge in [-0.25, -0.2) is 13.4 Å². The van der Waals surface area contributed by atoms with E-state index in [1.165, 1.54) is 4.31 Å². The molecule has 0 bridgehead atoms. The number of amides is 1. The SMILES string of the molecule is Cc1nccn1Cc1ccc(CNC(=O)C2CCN(S(C)(=O)=O)c3ccccc3O2)cc1. The Morgan fingerprint density at radius 3 is 2.56 bits per heavy atom. The maximum absolute atomic E-state index is 12.8. The fraction of sp³-hybridized carbons (Fsp3) is 0.304. The second-order valence-corrected chi connectivity index (χ2v) is 9.74. The number of aryl methyl sites for hydroxylation is 1. The fourth-order valence-electron chi connectivity index (χ4n) is 3.69. The average molecular weight is 455 g/mol. The normalized spacial score (nSPS) is 16.1. The number of hydrogen-bond donors (Lipinski definition) is 1. The molecule has 2 aromatic carbocycles. The van der Waals surface area contributed by atoms with Crippen LogP contribution >= 0.6 is 0 Å². The molecule has 2 heterocycles. The van der Waals surface area contributed by atoms with E-state index < -0.39 is 16.1 Å². The Balaban J connectivity index is 1.39. The molecule has 1 unspecified atom stereocenters. The number of nitrogens with one attached hydrogen (secondary N) is 1. The summed E-state index contributed by atoms with van der Waals surface area (Å²) in [6, 6.07) is 14.9. The van der Waals surface area contributed by atoms with Crippen LogP contribution in [0.3, 0.4) is 0 Å². The van der Waals surface area contributed by atoms with Crippen molar-refractivity contribution < 1.29 is 17.9 Å². The Morgan fingerprint density at radius 2 is 1.88 bits per heavy atom. The Labute approximate surface area is 187 Å². The number of anilines is 1. The summed E-state index contributed by atoms with van der Waals surface area (Å²) >= 11 is 0. The Morgan fingerprint density at radius 1 is 1.16 bits per heavy atom. The zero-order chi connectivity index (χ0) is 22.7. The van der Waals surface area contributed by atoms with Crippen molar-refractivity contribution in [1.29, 1.82) is 0 Å². The molecule has 1 atom stereocenters. The maximum atomic E-state index is 12.8. The number of fused-ring (bicyclic) bond motifs is 1. The molecule has 1 N–H and O–H groups in total. The zero-order valence-corrected chi connectivity index (χ0v) is 18.9. The first-order chi connectivity index (χ1) is 15.3. The number of benzene rings is 2. The molecule has 9 heteroatoms. The molecule has 168 valence electrons. The number of rotatable bonds is 6. The third-order valence-electron chi connectivity index (χ3n) is 5.46. The average Bonchev–Trinajstić information content (AvgIpc) is 3.05. The number of carbonyl (C=O) groups is 1. The molecular weight excluding hydrogens is 428 g/mol. The third-order valence-corrected chi connectivity index (χ3v) is 6.64. The van der Waals surface area contributed by atoms with Gasteiger partial charge in [-0.3, -0.25) is 9.10 Å². The van der Waals surface area contributed by atoms with Gasteiger partial charge in [0.25, 0.3) is 5.91 Å². The molecule has 1 amide bonds. The number of hydrogen-bond acceptors (Lipinski definition) is 5. The lowest BCUT2D eigenvalue weighted by Crippen LogP contribution is -2.39. The first-order valence-electron chi connectivity index (χ1n) is 10.4. The van der Waals surface area contributed by atoms with Crippen molar-refractivity contribution in [2.45, 2.75) is 32.5 Å². The summed E-state index contributed by atoms with van der Waals surface area (Å²) in [6.07, 6.45) is 4.37. The quantitative estimate of drug-likeness (QED) is 0.618. The van der Waals surface area contributed by atoms with E-state index in [9.17, 15) is 13.2 Å². The van der Waals surface area contributed by atoms with Crippen LogP contribution in [0.1, 0.15) is 23.4 Å². The lowest BCUT2D eigenvalue weighted by molar-refractivity contribution is -0.128. The molecule has 1 aliphatic heterocycles. The summed E-state index contributed by atoms with van der Waals surface area (Å²) in [5.74, 6) is 1.07. The number of aromatic nitrogens is 2. The van der Waals surface area contributed by atoms with Crippen molar-refractivity contribution in [1.82, 2.24) is 14.9 Å². The monoisotopic (exact) mass is 454 g/mol. The van der Waals surface area contributed by atoms with Crippen LogP contribution in [0.5, 0.6) is 5.75 Å². The van der Waals surface area contributed by atoms with Crippen LogP contribution in [0.4, 0.5) is 5.69 Å². The van der Waals surface area contributed by atoms with Gasteiger partial charge in [-0.2, -0.15) is 0 Å². The topological polar surface area (TPSA) is 93.5 Å². The Hall–Kier alpha value is -3.33. The molecule has 4 rings (SSSR count). The Kier molecular flexibility index (Phi) is 6.18. The zero-order valence-electron chi connectivity index (χ0n) is 18.1. The van der Waals surface area contributed by atoms with Gasteiger partial charge in [-0.05, 0) is 30.2 Å². The van der Waals surface area contributed by atoms with Crippen LogP contribution in [-0.2, 0) is 27.9 Å². The van der Waals surface area contributed by atoms with Crippen molar-refractivity contribution in [2.24, 2.45) is 0 Å². The van der Waals surface area contributed by atoms with Gasteiger partial charge < -0.3 is 14.6 Å². The standard InChI is InChI=1S/C23H26N4O4S/c1-17-24-12-14-26(17)16-19-9-7-18(8-10-19)15-25-23(28)22-11-13-27(32(2,29)30)20-5-3-4-6-21(20)31-22/h3-10,12,14,22H,11,13,15-16H2,1-2H3,(H,25,28). The summed E-state index contributed by atoms with van der Waals surface area (Å²) in [4.78, 5) is 17.0. The van der Waals surface area contributed by atoms with Gasteiger partial charge in [0, 0.05) is 38.4 Å². The van der Waals surface area contributed by atoms with Crippen LogP contribution in [0.15, 0.2) is 60.9 Å². The predicted octanol–water partition coefficient (Wildman–Crippen LogP) is 2.47. The highest BCUT2D eigenvalue weighted by Crippen LogP contribution is 2.33.